The van der Waals surface area contributed by atoms with E-state index >= 15 is 0 Å². The molecule has 0 aliphatic carbocycles. The van der Waals surface area contributed by atoms with E-state index in [1.54, 1.807) is 0 Å². The molecule has 0 aromatic carbocycles. The van der Waals surface area contributed by atoms with Crippen molar-refractivity contribution in [3.8, 4) is 0 Å². The second kappa shape index (κ2) is 23.9. The molecule has 120 valence electrons. The van der Waals surface area contributed by atoms with Crippen molar-refractivity contribution in [2.45, 2.75) is 0 Å². The van der Waals surface area contributed by atoms with Crippen molar-refractivity contribution >= 4 is 72.1 Å². The van der Waals surface area contributed by atoms with E-state index in [9.17, 15) is 0 Å². The second-order valence-electron chi connectivity index (χ2n) is 1.47. The Balaban J connectivity index is -0.0000000206. The summed E-state index contributed by atoms with van der Waals surface area (Å²) in [5, 5.41) is 16.7. The number of hydrogen-bond acceptors (Lipinski definition) is 15. The van der Waals surface area contributed by atoms with E-state index in [1.807, 2.05) is 0 Å². The minimum absolute atomic E-state index is 0. The summed E-state index contributed by atoms with van der Waals surface area (Å²) in [4.78, 5) is 8.33. The number of rotatable bonds is 0. The van der Waals surface area contributed by atoms with Gasteiger partial charge in [0.2, 0.25) is 0 Å². The molecule has 0 aliphatic rings. The van der Waals surface area contributed by atoms with Crippen molar-refractivity contribution in [3.05, 3.63) is 0 Å². The Morgan fingerprint density at radius 3 is 0.522 bits per heavy atom. The van der Waals surface area contributed by atoms with E-state index in [4.69, 9.17) is 67.6 Å². The molecule has 0 saturated heterocycles. The van der Waals surface area contributed by atoms with Gasteiger partial charge in [-0.1, -0.05) is 0 Å². The van der Waals surface area contributed by atoms with Crippen molar-refractivity contribution < 1.29 is 127 Å². The summed E-state index contributed by atoms with van der Waals surface area (Å²) in [6.45, 7) is 0. The smallest absolute Gasteiger partial charge is 0.759 e. The molecule has 0 radical (unpaired) electrons. The van der Waals surface area contributed by atoms with Crippen molar-refractivity contribution in [2.75, 3.05) is 0 Å². The zero-order valence-corrected chi connectivity index (χ0v) is 19.8. The van der Waals surface area contributed by atoms with Crippen molar-refractivity contribution in [1.82, 2.24) is 0 Å². The molecule has 22 heteroatoms. The number of carboxylic acid groups (broad SMARTS) is 2. The molecule has 0 rings (SSSR count). The van der Waals surface area contributed by atoms with E-state index in [2.05, 4.69) is 0 Å². The Morgan fingerprint density at radius 1 is 0.522 bits per heavy atom. The molecule has 0 aromatic heterocycles. The maximum Gasteiger partial charge on any atom is 3.00 e. The second-order valence-corrected chi connectivity index (χ2v) is 3.92. The van der Waals surface area contributed by atoms with Crippen LogP contribution in [0.15, 0.2) is 0 Å². The van der Waals surface area contributed by atoms with Crippen LogP contribution in [0.5, 0.6) is 0 Å². The van der Waals surface area contributed by atoms with Crippen LogP contribution in [-0.4, -0.2) is 93.4 Å². The van der Waals surface area contributed by atoms with Gasteiger partial charge in [-0.25, -0.2) is 0 Å². The molecule has 0 unspecified atom stereocenters. The van der Waals surface area contributed by atoms with Gasteiger partial charge in [-0.2, -0.15) is 0 Å². The third-order valence-corrected chi connectivity index (χ3v) is 0. The number of carbonyl (C=O) groups is 1. The van der Waals surface area contributed by atoms with E-state index < -0.39 is 37.4 Å². The molecule has 0 N–H and O–H groups in total. The van der Waals surface area contributed by atoms with Crippen molar-refractivity contribution in [2.24, 2.45) is 0 Å². The van der Waals surface area contributed by atoms with Gasteiger partial charge in [0.25, 0.3) is 0 Å². The SMILES string of the molecule is O=C([O-])[O-].O=S(=O)([O-])[O-].O=S(=O)([O-])[O-].O=S(=O)([O-])[O-].[Al+3].[Al+3].[Na+].[Na+]. The molecule has 0 spiro atoms. The average Bonchev–Trinajstić information content (AvgIpc) is 1.66. The van der Waals surface area contributed by atoms with Gasteiger partial charge >= 0.3 is 93.8 Å². The quantitative estimate of drug-likeness (QED) is 0.189. The summed E-state index contributed by atoms with van der Waals surface area (Å²) in [5.41, 5.74) is 0. The molecule has 0 saturated carbocycles. The first kappa shape index (κ1) is 49.8. The van der Waals surface area contributed by atoms with Crippen LogP contribution >= 0.6 is 0 Å². The zero-order valence-electron chi connectivity index (χ0n) is 11.0. The molecular weight excluding hydrogens is 448 g/mol. The first-order valence-electron chi connectivity index (χ1n) is 2.61. The molecule has 0 fully saturated rings. The predicted molar refractivity (Wildman–Crippen MR) is 48.3 cm³/mol. The Morgan fingerprint density at radius 2 is 0.522 bits per heavy atom. The largest absolute Gasteiger partial charge is 3.00 e. The number of carbonyl (C=O) groups excluding carboxylic acids is 1. The van der Waals surface area contributed by atoms with Gasteiger partial charge in [-0.05, 0) is 6.16 Å². The molecule has 15 nitrogen and oxygen atoms in total. The van der Waals surface area contributed by atoms with Gasteiger partial charge < -0.3 is 42.3 Å². The van der Waals surface area contributed by atoms with Gasteiger partial charge in [0.1, 0.15) is 0 Å². The van der Waals surface area contributed by atoms with Crippen molar-refractivity contribution in [3.63, 3.8) is 0 Å². The van der Waals surface area contributed by atoms with Crippen molar-refractivity contribution in [1.29, 1.82) is 0 Å². The Hall–Kier alpha value is 1.94. The van der Waals surface area contributed by atoms with E-state index in [0.717, 1.165) is 0 Å². The van der Waals surface area contributed by atoms with Gasteiger partial charge in [0, 0.05) is 31.2 Å². The summed E-state index contributed by atoms with van der Waals surface area (Å²) in [5.74, 6) is 0. The fourth-order valence-electron chi connectivity index (χ4n) is 0. The minimum atomic E-state index is -5.17. The summed E-state index contributed by atoms with van der Waals surface area (Å²) in [6.07, 6.45) is -2.33. The monoisotopic (exact) mass is 448 g/mol. The molecule has 0 aromatic rings. The van der Waals surface area contributed by atoms with Gasteiger partial charge in [0.05, 0.1) is 0 Å². The van der Waals surface area contributed by atoms with Crippen LogP contribution in [0.3, 0.4) is 0 Å². The third kappa shape index (κ3) is 3050. The maximum atomic E-state index is 8.52. The topological polar surface area (TPSA) is 304 Å². The van der Waals surface area contributed by atoms with Gasteiger partial charge in [0.15, 0.2) is 0 Å². The fraction of sp³-hybridized carbons (Fsp3) is 0. The Labute approximate surface area is 196 Å². The first-order chi connectivity index (χ1) is 7.73. The molecule has 0 amide bonds. The zero-order chi connectivity index (χ0) is 17.1. The molecule has 0 bridgehead atoms. The molecule has 0 aliphatic heterocycles. The number of hydrogen-bond donors (Lipinski definition) is 0. The normalized spacial score (nSPS) is 8.61. The molecule has 23 heavy (non-hydrogen) atoms. The summed E-state index contributed by atoms with van der Waals surface area (Å²) >= 11 is 0. The van der Waals surface area contributed by atoms with Gasteiger partial charge in [-0.3, -0.25) is 25.3 Å². The maximum absolute atomic E-state index is 8.52. The molecular formula is CAl2Na2O15S3. The summed E-state index contributed by atoms with van der Waals surface area (Å²) in [7, 11) is -15.5. The first-order valence-corrected chi connectivity index (χ1v) is 6.61. The average molecular weight is 448 g/mol. The Kier molecular flexibility index (Phi) is 51.9. The standard InChI is InChI=1S/CH2O3.2Al.2Na.3H2O4S/c2-1(3)4;;;;;3*1-5(2,3)4/h(H2,2,3,4);;;;;3*(H2,1,2,3,4)/q;2*+3;2*+1;;;/p-8. The van der Waals surface area contributed by atoms with Crippen LogP contribution in [0.25, 0.3) is 0 Å². The van der Waals surface area contributed by atoms with Crippen LogP contribution in [0.2, 0.25) is 0 Å². The van der Waals surface area contributed by atoms with E-state index in [0.29, 0.717) is 0 Å². The molecule has 0 atom stereocenters. The van der Waals surface area contributed by atoms with Crippen LogP contribution < -0.4 is 69.3 Å². The van der Waals surface area contributed by atoms with Crippen LogP contribution in [-0.2, 0) is 31.2 Å². The van der Waals surface area contributed by atoms with Crippen LogP contribution in [0.4, 0.5) is 4.79 Å². The Bertz CT molecular complexity index is 434. The predicted octanol–water partition coefficient (Wildman–Crippen LogP) is -13.2. The summed E-state index contributed by atoms with van der Waals surface area (Å²) in [6, 6.07) is 0. The summed E-state index contributed by atoms with van der Waals surface area (Å²) < 4.78 is 102. The minimum Gasteiger partial charge on any atom is -0.759 e. The fourth-order valence-corrected chi connectivity index (χ4v) is 0. The van der Waals surface area contributed by atoms with E-state index in [1.165, 1.54) is 0 Å². The third-order valence-electron chi connectivity index (χ3n) is 0. The van der Waals surface area contributed by atoms with Gasteiger partial charge in [-0.15, -0.1) is 0 Å². The van der Waals surface area contributed by atoms with Crippen LogP contribution in [0, 0.1) is 0 Å². The molecule has 0 heterocycles. The van der Waals surface area contributed by atoms with Crippen LogP contribution in [0.1, 0.15) is 0 Å². The van der Waals surface area contributed by atoms with E-state index in [-0.39, 0.29) is 93.8 Å².